The maximum atomic E-state index is 12.9. The van der Waals surface area contributed by atoms with Gasteiger partial charge in [-0.15, -0.1) is 11.3 Å². The van der Waals surface area contributed by atoms with Gasteiger partial charge in [-0.3, -0.25) is 9.59 Å². The van der Waals surface area contributed by atoms with Crippen molar-refractivity contribution in [2.75, 3.05) is 5.32 Å². The van der Waals surface area contributed by atoms with Crippen molar-refractivity contribution in [2.24, 2.45) is 0 Å². The van der Waals surface area contributed by atoms with Crippen LogP contribution in [0.3, 0.4) is 0 Å². The number of hydrogen-bond donors (Lipinski definition) is 2. The lowest BCUT2D eigenvalue weighted by Gasteiger charge is -2.05. The van der Waals surface area contributed by atoms with Gasteiger partial charge >= 0.3 is 0 Å². The molecule has 0 spiro atoms. The Kier molecular flexibility index (Phi) is 6.01. The van der Waals surface area contributed by atoms with E-state index in [4.69, 9.17) is 4.42 Å². The zero-order chi connectivity index (χ0) is 20.8. The number of carbonyl (C=O) groups is 2. The number of benzene rings is 2. The fourth-order valence-electron chi connectivity index (χ4n) is 2.89. The van der Waals surface area contributed by atoms with E-state index in [0.717, 1.165) is 5.56 Å². The van der Waals surface area contributed by atoms with E-state index in [-0.39, 0.29) is 18.2 Å². The summed E-state index contributed by atoms with van der Waals surface area (Å²) in [4.78, 5) is 30.3. The van der Waals surface area contributed by atoms with E-state index < -0.39 is 0 Å². The van der Waals surface area contributed by atoms with Gasteiger partial charge in [0.05, 0.1) is 24.9 Å². The van der Waals surface area contributed by atoms with E-state index in [1.54, 1.807) is 18.4 Å². The lowest BCUT2D eigenvalue weighted by molar-refractivity contribution is -0.120. The third-order valence-electron chi connectivity index (χ3n) is 4.31. The van der Waals surface area contributed by atoms with Gasteiger partial charge in [-0.25, -0.2) is 4.98 Å². The minimum Gasteiger partial charge on any atom is -0.467 e. The van der Waals surface area contributed by atoms with E-state index >= 15 is 0 Å². The molecule has 0 aliphatic rings. The number of carbonyl (C=O) groups excluding carboxylic acids is 2. The zero-order valence-electron chi connectivity index (χ0n) is 16.0. The Morgan fingerprint density at radius 3 is 2.37 bits per heavy atom. The molecule has 0 saturated carbocycles. The van der Waals surface area contributed by atoms with E-state index in [1.165, 1.54) is 11.3 Å². The van der Waals surface area contributed by atoms with Crippen LogP contribution >= 0.6 is 11.3 Å². The summed E-state index contributed by atoms with van der Waals surface area (Å²) in [6, 6.07) is 22.3. The molecule has 7 heteroatoms. The number of thiazole rings is 1. The van der Waals surface area contributed by atoms with Gasteiger partial charge in [0.25, 0.3) is 5.91 Å². The first-order chi connectivity index (χ1) is 14.7. The number of para-hydroxylation sites is 1. The van der Waals surface area contributed by atoms with Crippen LogP contribution in [0.1, 0.15) is 20.4 Å². The van der Waals surface area contributed by atoms with E-state index in [9.17, 15) is 9.59 Å². The van der Waals surface area contributed by atoms with Crippen LogP contribution in [0.15, 0.2) is 83.5 Å². The first-order valence-corrected chi connectivity index (χ1v) is 10.2. The standard InChI is InChI=1S/C23H19N3O3S/c27-19(24-15-18-12-7-13-29-18)14-20-26-21(16-8-3-1-4-9-16)22(30-20)23(28)25-17-10-5-2-6-11-17/h1-13H,14-15H2,(H,24,27)(H,25,28). The summed E-state index contributed by atoms with van der Waals surface area (Å²) in [5.41, 5.74) is 2.10. The van der Waals surface area contributed by atoms with Crippen molar-refractivity contribution in [3.05, 3.63) is 94.7 Å². The molecule has 0 saturated heterocycles. The maximum absolute atomic E-state index is 12.9. The highest BCUT2D eigenvalue weighted by Crippen LogP contribution is 2.29. The topological polar surface area (TPSA) is 84.2 Å². The Labute approximate surface area is 177 Å². The Morgan fingerprint density at radius 2 is 1.67 bits per heavy atom. The van der Waals surface area contributed by atoms with Gasteiger partial charge in [0, 0.05) is 11.3 Å². The number of nitrogens with zero attached hydrogens (tertiary/aromatic N) is 1. The fourth-order valence-corrected chi connectivity index (χ4v) is 3.87. The summed E-state index contributed by atoms with van der Waals surface area (Å²) in [5, 5.41) is 6.27. The predicted molar refractivity (Wildman–Crippen MR) is 116 cm³/mol. The molecule has 30 heavy (non-hydrogen) atoms. The molecule has 0 aliphatic carbocycles. The second-order valence-electron chi connectivity index (χ2n) is 6.50. The molecule has 2 amide bonds. The Balaban J connectivity index is 1.54. The average Bonchev–Trinajstić information content (AvgIpc) is 3.44. The molecule has 4 aromatic rings. The molecule has 0 fully saturated rings. The van der Waals surface area contributed by atoms with Crippen LogP contribution in [-0.2, 0) is 17.8 Å². The van der Waals surface area contributed by atoms with Crippen LogP contribution in [0.4, 0.5) is 5.69 Å². The maximum Gasteiger partial charge on any atom is 0.268 e. The predicted octanol–water partition coefficient (Wildman–Crippen LogP) is 4.51. The average molecular weight is 417 g/mol. The molecule has 2 N–H and O–H groups in total. The van der Waals surface area contributed by atoms with Crippen molar-refractivity contribution in [3.63, 3.8) is 0 Å². The summed E-state index contributed by atoms with van der Waals surface area (Å²) in [6.07, 6.45) is 1.65. The third kappa shape index (κ3) is 4.82. The smallest absolute Gasteiger partial charge is 0.268 e. The zero-order valence-corrected chi connectivity index (χ0v) is 16.8. The molecule has 0 unspecified atom stereocenters. The van der Waals surface area contributed by atoms with Crippen molar-refractivity contribution in [1.29, 1.82) is 0 Å². The Morgan fingerprint density at radius 1 is 0.933 bits per heavy atom. The van der Waals surface area contributed by atoms with Crippen molar-refractivity contribution >= 4 is 28.8 Å². The first-order valence-electron chi connectivity index (χ1n) is 9.39. The van der Waals surface area contributed by atoms with Crippen LogP contribution in [0.2, 0.25) is 0 Å². The quantitative estimate of drug-likeness (QED) is 0.463. The number of anilines is 1. The lowest BCUT2D eigenvalue weighted by atomic mass is 10.1. The molecular formula is C23H19N3O3S. The Bertz CT molecular complexity index is 1120. The third-order valence-corrected chi connectivity index (χ3v) is 5.36. The molecule has 2 aromatic carbocycles. The summed E-state index contributed by atoms with van der Waals surface area (Å²) in [7, 11) is 0. The van der Waals surface area contributed by atoms with Crippen LogP contribution in [0.25, 0.3) is 11.3 Å². The largest absolute Gasteiger partial charge is 0.467 e. The molecule has 4 rings (SSSR count). The molecule has 0 aliphatic heterocycles. The second-order valence-corrected chi connectivity index (χ2v) is 7.59. The van der Waals surface area contributed by atoms with Gasteiger partial charge in [-0.05, 0) is 24.3 Å². The number of nitrogens with one attached hydrogen (secondary N) is 2. The Hall–Kier alpha value is -3.71. The minimum absolute atomic E-state index is 0.0871. The van der Waals surface area contributed by atoms with Gasteiger partial charge in [0.2, 0.25) is 5.91 Å². The summed E-state index contributed by atoms with van der Waals surface area (Å²) < 4.78 is 5.22. The summed E-state index contributed by atoms with van der Waals surface area (Å²) >= 11 is 1.23. The van der Waals surface area contributed by atoms with Crippen molar-refractivity contribution < 1.29 is 14.0 Å². The number of aromatic nitrogens is 1. The highest BCUT2D eigenvalue weighted by atomic mass is 32.1. The van der Waals surface area contributed by atoms with Crippen LogP contribution < -0.4 is 10.6 Å². The lowest BCUT2D eigenvalue weighted by Crippen LogP contribution is -2.24. The van der Waals surface area contributed by atoms with Gasteiger partial charge < -0.3 is 15.1 Å². The molecular weight excluding hydrogens is 398 g/mol. The highest BCUT2D eigenvalue weighted by molar-refractivity contribution is 7.14. The van der Waals surface area contributed by atoms with E-state index in [0.29, 0.717) is 33.6 Å². The molecule has 150 valence electrons. The molecule has 6 nitrogen and oxygen atoms in total. The number of amides is 2. The van der Waals surface area contributed by atoms with E-state index in [2.05, 4.69) is 15.6 Å². The molecule has 0 bridgehead atoms. The molecule has 0 radical (unpaired) electrons. The van der Waals surface area contributed by atoms with Crippen molar-refractivity contribution in [2.45, 2.75) is 13.0 Å². The molecule has 0 atom stereocenters. The second kappa shape index (κ2) is 9.19. The normalized spacial score (nSPS) is 10.5. The van der Waals surface area contributed by atoms with Crippen molar-refractivity contribution in [1.82, 2.24) is 10.3 Å². The van der Waals surface area contributed by atoms with Gasteiger partial charge in [-0.1, -0.05) is 48.5 Å². The SMILES string of the molecule is O=C(Cc1nc(-c2ccccc2)c(C(=O)Nc2ccccc2)s1)NCc1ccco1. The minimum atomic E-state index is -0.250. The van der Waals surface area contributed by atoms with Crippen LogP contribution in [0.5, 0.6) is 0 Å². The summed E-state index contributed by atoms with van der Waals surface area (Å²) in [6.45, 7) is 0.310. The van der Waals surface area contributed by atoms with Gasteiger partial charge in [0.1, 0.15) is 15.6 Å². The van der Waals surface area contributed by atoms with Crippen LogP contribution in [0, 0.1) is 0 Å². The fraction of sp³-hybridized carbons (Fsp3) is 0.0870. The molecule has 2 heterocycles. The monoisotopic (exact) mass is 417 g/mol. The molecule has 2 aromatic heterocycles. The van der Waals surface area contributed by atoms with Crippen LogP contribution in [-0.4, -0.2) is 16.8 Å². The van der Waals surface area contributed by atoms with Gasteiger partial charge in [0.15, 0.2) is 0 Å². The van der Waals surface area contributed by atoms with Crippen molar-refractivity contribution in [3.8, 4) is 11.3 Å². The number of rotatable bonds is 7. The first kappa shape index (κ1) is 19.6. The van der Waals surface area contributed by atoms with Gasteiger partial charge in [-0.2, -0.15) is 0 Å². The van der Waals surface area contributed by atoms with E-state index in [1.807, 2.05) is 60.7 Å². The number of hydrogen-bond acceptors (Lipinski definition) is 5. The summed E-state index contributed by atoms with van der Waals surface area (Å²) in [5.74, 6) is 0.241. The number of furan rings is 1. The highest BCUT2D eigenvalue weighted by Gasteiger charge is 2.21.